The zero-order valence-corrected chi connectivity index (χ0v) is 14.6. The fraction of sp³-hybridized carbons (Fsp3) is 0.286. The zero-order chi connectivity index (χ0) is 18.4. The second-order valence-electron chi connectivity index (χ2n) is 4.93. The molecular formula is C14H17N7O3S. The number of nitrogens with one attached hydrogen (secondary N) is 3. The average molecular weight is 363 g/mol. The summed E-state index contributed by atoms with van der Waals surface area (Å²) in [6.07, 6.45) is 0. The highest BCUT2D eigenvalue weighted by Gasteiger charge is 2.20. The minimum Gasteiger partial charge on any atom is -0.341 e. The van der Waals surface area contributed by atoms with Crippen LogP contribution in [0.3, 0.4) is 0 Å². The molecule has 3 N–H and O–H groups in total. The van der Waals surface area contributed by atoms with Gasteiger partial charge in [-0.1, -0.05) is 17.8 Å². The summed E-state index contributed by atoms with van der Waals surface area (Å²) in [6.45, 7) is 3.05. The maximum Gasteiger partial charge on any atom is 0.321 e. The van der Waals surface area contributed by atoms with Crippen LogP contribution < -0.4 is 16.0 Å². The number of hydrogen-bond acceptors (Lipinski definition) is 7. The van der Waals surface area contributed by atoms with Gasteiger partial charge in [0.25, 0.3) is 0 Å². The number of rotatable bonds is 5. The third kappa shape index (κ3) is 5.01. The van der Waals surface area contributed by atoms with Crippen molar-refractivity contribution in [3.8, 4) is 5.69 Å². The van der Waals surface area contributed by atoms with Crippen molar-refractivity contribution in [3.05, 3.63) is 24.3 Å². The molecule has 2 aromatic rings. The summed E-state index contributed by atoms with van der Waals surface area (Å²) >= 11 is 1.10. The fourth-order valence-electron chi connectivity index (χ4n) is 1.82. The molecule has 1 aromatic carbocycles. The minimum atomic E-state index is -0.597. The lowest BCUT2D eigenvalue weighted by atomic mass is 10.3. The lowest BCUT2D eigenvalue weighted by Crippen LogP contribution is -2.41. The lowest BCUT2D eigenvalue weighted by Gasteiger charge is -2.11. The Bertz CT molecular complexity index is 792. The number of carbonyl (C=O) groups excluding carboxylic acids is 3. The largest absolute Gasteiger partial charge is 0.341 e. The van der Waals surface area contributed by atoms with Gasteiger partial charge in [0.2, 0.25) is 17.0 Å². The van der Waals surface area contributed by atoms with E-state index in [0.717, 1.165) is 11.8 Å². The van der Waals surface area contributed by atoms with Crippen molar-refractivity contribution in [2.24, 2.45) is 0 Å². The van der Waals surface area contributed by atoms with Crippen molar-refractivity contribution < 1.29 is 14.4 Å². The number of imide groups is 1. The van der Waals surface area contributed by atoms with Crippen LogP contribution >= 0.6 is 11.8 Å². The molecule has 132 valence electrons. The molecule has 0 radical (unpaired) electrons. The molecule has 0 aliphatic heterocycles. The van der Waals surface area contributed by atoms with E-state index >= 15 is 0 Å². The summed E-state index contributed by atoms with van der Waals surface area (Å²) in [6, 6.07) is 6.37. The van der Waals surface area contributed by atoms with E-state index in [9.17, 15) is 14.4 Å². The summed E-state index contributed by atoms with van der Waals surface area (Å²) in [4.78, 5) is 34.3. The van der Waals surface area contributed by atoms with E-state index in [1.54, 1.807) is 31.2 Å². The first-order valence-electron chi connectivity index (χ1n) is 7.26. The van der Waals surface area contributed by atoms with Gasteiger partial charge in [-0.05, 0) is 35.5 Å². The number of anilines is 1. The number of thioether (sulfide) groups is 1. The Morgan fingerprint density at radius 1 is 1.28 bits per heavy atom. The maximum absolute atomic E-state index is 11.9. The van der Waals surface area contributed by atoms with E-state index in [1.165, 1.54) is 18.7 Å². The summed E-state index contributed by atoms with van der Waals surface area (Å²) in [5.74, 6) is -0.658. The van der Waals surface area contributed by atoms with E-state index < -0.39 is 17.2 Å². The van der Waals surface area contributed by atoms with Crippen LogP contribution in [0.25, 0.3) is 5.69 Å². The van der Waals surface area contributed by atoms with E-state index in [2.05, 4.69) is 31.5 Å². The van der Waals surface area contributed by atoms with E-state index in [1.807, 2.05) is 0 Å². The van der Waals surface area contributed by atoms with Crippen molar-refractivity contribution in [2.45, 2.75) is 24.3 Å². The Labute approximate surface area is 147 Å². The van der Waals surface area contributed by atoms with E-state index in [-0.39, 0.29) is 5.91 Å². The highest BCUT2D eigenvalue weighted by atomic mass is 32.2. The number of benzene rings is 1. The quantitative estimate of drug-likeness (QED) is 0.661. The topological polar surface area (TPSA) is 131 Å². The van der Waals surface area contributed by atoms with Crippen molar-refractivity contribution in [3.63, 3.8) is 0 Å². The molecule has 4 amide bonds. The van der Waals surface area contributed by atoms with Crippen molar-refractivity contribution in [2.75, 3.05) is 12.4 Å². The molecule has 11 heteroatoms. The molecule has 1 atom stereocenters. The normalized spacial score (nSPS) is 11.5. The number of nitrogens with zero attached hydrogens (tertiary/aromatic N) is 4. The van der Waals surface area contributed by atoms with Crippen molar-refractivity contribution in [1.82, 2.24) is 30.8 Å². The number of carbonyl (C=O) groups is 3. The van der Waals surface area contributed by atoms with Crippen LogP contribution in [0.4, 0.5) is 10.5 Å². The fourth-order valence-corrected chi connectivity index (χ4v) is 2.63. The molecule has 0 saturated carbocycles. The first-order chi connectivity index (χ1) is 11.9. The van der Waals surface area contributed by atoms with Gasteiger partial charge in [0.15, 0.2) is 0 Å². The van der Waals surface area contributed by atoms with Gasteiger partial charge in [0.1, 0.15) is 0 Å². The molecule has 0 aliphatic rings. The van der Waals surface area contributed by atoms with Gasteiger partial charge in [0, 0.05) is 19.7 Å². The van der Waals surface area contributed by atoms with Crippen molar-refractivity contribution in [1.29, 1.82) is 0 Å². The van der Waals surface area contributed by atoms with Gasteiger partial charge >= 0.3 is 6.03 Å². The summed E-state index contributed by atoms with van der Waals surface area (Å²) < 4.78 is 1.44. The number of hydrogen-bond donors (Lipinski definition) is 3. The summed E-state index contributed by atoms with van der Waals surface area (Å²) in [5, 5.41) is 18.4. The van der Waals surface area contributed by atoms with Crippen LogP contribution in [0.1, 0.15) is 13.8 Å². The predicted octanol–water partition coefficient (Wildman–Crippen LogP) is 0.557. The Morgan fingerprint density at radius 3 is 2.72 bits per heavy atom. The first kappa shape index (κ1) is 18.4. The second-order valence-corrected chi connectivity index (χ2v) is 6.24. The van der Waals surface area contributed by atoms with Crippen LogP contribution in [0.15, 0.2) is 29.4 Å². The van der Waals surface area contributed by atoms with Crippen molar-refractivity contribution >= 4 is 35.3 Å². The number of urea groups is 1. The van der Waals surface area contributed by atoms with Gasteiger partial charge in [-0.15, -0.1) is 5.10 Å². The Balaban J connectivity index is 2.16. The third-order valence-corrected chi connectivity index (χ3v) is 4.00. The average Bonchev–Trinajstić information content (AvgIpc) is 3.02. The van der Waals surface area contributed by atoms with Crippen LogP contribution in [0.2, 0.25) is 0 Å². The molecule has 2 rings (SSSR count). The van der Waals surface area contributed by atoms with Crippen LogP contribution in [-0.4, -0.2) is 50.4 Å². The molecule has 0 bridgehead atoms. The van der Waals surface area contributed by atoms with E-state index in [0.29, 0.717) is 16.5 Å². The molecular weight excluding hydrogens is 346 g/mol. The number of aromatic nitrogens is 4. The van der Waals surface area contributed by atoms with Crippen LogP contribution in [0.5, 0.6) is 0 Å². The molecule has 0 unspecified atom stereocenters. The summed E-state index contributed by atoms with van der Waals surface area (Å²) in [5.41, 5.74) is 1.22. The highest BCUT2D eigenvalue weighted by Crippen LogP contribution is 2.24. The Morgan fingerprint density at radius 2 is 2.04 bits per heavy atom. The maximum atomic E-state index is 11.9. The van der Waals surface area contributed by atoms with Crippen LogP contribution in [0, 0.1) is 0 Å². The molecule has 1 heterocycles. The Hall–Kier alpha value is -2.95. The van der Waals surface area contributed by atoms with Gasteiger partial charge in [0.05, 0.1) is 10.9 Å². The third-order valence-electron chi connectivity index (χ3n) is 2.97. The van der Waals surface area contributed by atoms with Gasteiger partial charge in [-0.2, -0.15) is 4.68 Å². The summed E-state index contributed by atoms with van der Waals surface area (Å²) in [7, 11) is 1.42. The van der Waals surface area contributed by atoms with Crippen LogP contribution in [-0.2, 0) is 9.59 Å². The van der Waals surface area contributed by atoms with Gasteiger partial charge < -0.3 is 10.6 Å². The monoisotopic (exact) mass is 363 g/mol. The predicted molar refractivity (Wildman–Crippen MR) is 91.4 cm³/mol. The molecule has 25 heavy (non-hydrogen) atoms. The van der Waals surface area contributed by atoms with E-state index in [4.69, 9.17) is 0 Å². The standard InChI is InChI=1S/C14H17N7O3S/c1-8(12(23)17-13(24)15-3)25-14-18-19-20-21(14)11-6-4-5-10(7-11)16-9(2)22/h4-8H,1-3H3,(H,16,22)(H2,15,17,23,24)/t8-/m0/s1. The SMILES string of the molecule is CNC(=O)NC(=O)[C@H](C)Sc1nnnn1-c1cccc(NC(C)=O)c1. The van der Waals surface area contributed by atoms with Gasteiger partial charge in [-0.25, -0.2) is 4.79 Å². The molecule has 10 nitrogen and oxygen atoms in total. The number of tetrazole rings is 1. The first-order valence-corrected chi connectivity index (χ1v) is 8.14. The van der Waals surface area contributed by atoms with Gasteiger partial charge in [-0.3, -0.25) is 14.9 Å². The minimum absolute atomic E-state index is 0.192. The Kier molecular flexibility index (Phi) is 6.06. The molecule has 0 fully saturated rings. The lowest BCUT2D eigenvalue weighted by molar-refractivity contribution is -0.119. The highest BCUT2D eigenvalue weighted by molar-refractivity contribution is 8.00. The molecule has 0 aliphatic carbocycles. The zero-order valence-electron chi connectivity index (χ0n) is 13.8. The molecule has 1 aromatic heterocycles. The second kappa shape index (κ2) is 8.24. The molecule has 0 saturated heterocycles. The molecule has 0 spiro atoms. The smallest absolute Gasteiger partial charge is 0.321 e. The number of amides is 4.